The molecule has 0 amide bonds. The Bertz CT molecular complexity index is 178. The van der Waals surface area contributed by atoms with Gasteiger partial charge in [-0.15, -0.1) is 0 Å². The summed E-state index contributed by atoms with van der Waals surface area (Å²) in [5.74, 6) is -4.05. The van der Waals surface area contributed by atoms with Crippen molar-refractivity contribution < 1.29 is 22.3 Å². The lowest BCUT2D eigenvalue weighted by molar-refractivity contribution is -0.167. The van der Waals surface area contributed by atoms with Gasteiger partial charge in [0.05, 0.1) is 6.61 Å². The first-order valence-electron chi connectivity index (χ1n) is 5.35. The van der Waals surface area contributed by atoms with Gasteiger partial charge in [-0.3, -0.25) is 0 Å². The van der Waals surface area contributed by atoms with Gasteiger partial charge < -0.3 is 10.1 Å². The van der Waals surface area contributed by atoms with E-state index in [0.29, 0.717) is 0 Å². The van der Waals surface area contributed by atoms with Crippen LogP contribution >= 0.6 is 0 Å². The monoisotopic (exact) mass is 245 g/mol. The lowest BCUT2D eigenvalue weighted by atomic mass is 10.1. The molecule has 0 saturated carbocycles. The normalized spacial score (nSPS) is 14.4. The van der Waals surface area contributed by atoms with Gasteiger partial charge in [-0.2, -0.15) is 8.78 Å². The molecule has 0 aliphatic heterocycles. The molecule has 0 aliphatic carbocycles. The highest BCUT2D eigenvalue weighted by Crippen LogP contribution is 2.22. The van der Waals surface area contributed by atoms with E-state index in [1.807, 2.05) is 6.92 Å². The average Bonchev–Trinajstić information content (AvgIpc) is 2.22. The van der Waals surface area contributed by atoms with Crippen molar-refractivity contribution in [3.05, 3.63) is 0 Å². The van der Waals surface area contributed by atoms with Crippen LogP contribution in [0.1, 0.15) is 26.2 Å². The highest BCUT2D eigenvalue weighted by molar-refractivity contribution is 4.69. The summed E-state index contributed by atoms with van der Waals surface area (Å²) in [5.41, 5.74) is 0. The summed E-state index contributed by atoms with van der Waals surface area (Å²) in [5, 5.41) is 2.89. The van der Waals surface area contributed by atoms with Gasteiger partial charge in [0.1, 0.15) is 6.61 Å². The Balaban J connectivity index is 3.77. The third-order valence-corrected chi connectivity index (χ3v) is 2.25. The number of rotatable bonds is 9. The predicted molar refractivity (Wildman–Crippen MR) is 54.1 cm³/mol. The number of hydrogen-bond acceptors (Lipinski definition) is 2. The molecule has 0 heterocycles. The van der Waals surface area contributed by atoms with E-state index in [2.05, 4.69) is 10.1 Å². The molecule has 98 valence electrons. The summed E-state index contributed by atoms with van der Waals surface area (Å²) in [4.78, 5) is 0. The minimum Gasteiger partial charge on any atom is -0.373 e. The molecule has 0 radical (unpaired) electrons. The second-order valence-electron chi connectivity index (χ2n) is 3.70. The summed E-state index contributed by atoms with van der Waals surface area (Å²) in [6.45, 7) is 0.812. The van der Waals surface area contributed by atoms with Crippen molar-refractivity contribution in [2.75, 3.05) is 20.3 Å². The van der Waals surface area contributed by atoms with Gasteiger partial charge >= 0.3 is 12.3 Å². The van der Waals surface area contributed by atoms with Crippen LogP contribution in [0.15, 0.2) is 0 Å². The summed E-state index contributed by atoms with van der Waals surface area (Å²) in [6.07, 6.45) is -0.949. The second-order valence-corrected chi connectivity index (χ2v) is 3.70. The predicted octanol–water partition coefficient (Wildman–Crippen LogP) is 2.68. The number of ether oxygens (including phenoxy) is 1. The maximum Gasteiger partial charge on any atom is 0.330 e. The van der Waals surface area contributed by atoms with Gasteiger partial charge in [0.2, 0.25) is 0 Å². The number of halogens is 4. The second kappa shape index (κ2) is 7.84. The molecule has 16 heavy (non-hydrogen) atoms. The third-order valence-electron chi connectivity index (χ3n) is 2.25. The Labute approximate surface area is 93.3 Å². The number of unbranched alkanes of at least 4 members (excludes halogenated alkanes) is 1. The molecule has 1 N–H and O–H groups in total. The molecule has 0 spiro atoms. The summed E-state index contributed by atoms with van der Waals surface area (Å²) in [7, 11) is 1.69. The van der Waals surface area contributed by atoms with Gasteiger partial charge in [-0.05, 0) is 13.5 Å². The van der Waals surface area contributed by atoms with E-state index in [1.54, 1.807) is 7.05 Å². The van der Waals surface area contributed by atoms with Crippen LogP contribution in [0.3, 0.4) is 0 Å². The first-order valence-corrected chi connectivity index (χ1v) is 5.35. The molecular formula is C10H19F4NO. The van der Waals surface area contributed by atoms with Gasteiger partial charge in [0.25, 0.3) is 0 Å². The molecule has 0 aromatic carbocycles. The van der Waals surface area contributed by atoms with Crippen LogP contribution in [-0.4, -0.2) is 38.7 Å². The van der Waals surface area contributed by atoms with Crippen LogP contribution in [0, 0.1) is 0 Å². The maximum absolute atomic E-state index is 12.5. The fourth-order valence-electron chi connectivity index (χ4n) is 1.16. The molecule has 0 fully saturated rings. The van der Waals surface area contributed by atoms with Crippen molar-refractivity contribution >= 4 is 0 Å². The number of likely N-dealkylation sites (N-methyl/N-ethyl adjacent to an activating group) is 1. The van der Waals surface area contributed by atoms with E-state index < -0.39 is 19.0 Å². The van der Waals surface area contributed by atoms with Crippen molar-refractivity contribution in [2.45, 2.75) is 44.6 Å². The number of alkyl halides is 4. The van der Waals surface area contributed by atoms with Crippen LogP contribution in [0.25, 0.3) is 0 Å². The van der Waals surface area contributed by atoms with Crippen molar-refractivity contribution in [1.29, 1.82) is 0 Å². The Kier molecular flexibility index (Phi) is 7.66. The zero-order valence-electron chi connectivity index (χ0n) is 9.61. The zero-order chi connectivity index (χ0) is 12.6. The average molecular weight is 245 g/mol. The molecule has 0 rings (SSSR count). The van der Waals surface area contributed by atoms with E-state index in [4.69, 9.17) is 0 Å². The van der Waals surface area contributed by atoms with E-state index in [0.717, 1.165) is 19.3 Å². The Morgan fingerprint density at radius 3 is 2.38 bits per heavy atom. The van der Waals surface area contributed by atoms with E-state index in [9.17, 15) is 17.6 Å². The molecule has 0 saturated heterocycles. The standard InChI is InChI=1S/C10H19F4NO/c1-3-4-5-8(15-2)6-16-7-10(13,14)9(11)12/h8-9,15H,3-7H2,1-2H3. The summed E-state index contributed by atoms with van der Waals surface area (Å²) in [6, 6.07) is -0.0616. The van der Waals surface area contributed by atoms with Crippen LogP contribution in [-0.2, 0) is 4.74 Å². The topological polar surface area (TPSA) is 21.3 Å². The van der Waals surface area contributed by atoms with E-state index in [-0.39, 0.29) is 12.6 Å². The quantitative estimate of drug-likeness (QED) is 0.631. The van der Waals surface area contributed by atoms with Crippen LogP contribution in [0.4, 0.5) is 17.6 Å². The van der Waals surface area contributed by atoms with Gasteiger partial charge in [-0.25, -0.2) is 8.78 Å². The fraction of sp³-hybridized carbons (Fsp3) is 1.00. The minimum absolute atomic E-state index is 0.0266. The molecule has 0 aromatic heterocycles. The van der Waals surface area contributed by atoms with E-state index >= 15 is 0 Å². The lowest BCUT2D eigenvalue weighted by Crippen LogP contribution is -2.36. The lowest BCUT2D eigenvalue weighted by Gasteiger charge is -2.19. The molecule has 0 aliphatic rings. The fourth-order valence-corrected chi connectivity index (χ4v) is 1.16. The minimum atomic E-state index is -4.05. The van der Waals surface area contributed by atoms with Gasteiger partial charge in [0, 0.05) is 6.04 Å². The Hall–Kier alpha value is -0.360. The third kappa shape index (κ3) is 6.27. The smallest absolute Gasteiger partial charge is 0.330 e. The Morgan fingerprint density at radius 2 is 1.94 bits per heavy atom. The van der Waals surface area contributed by atoms with Crippen molar-refractivity contribution in [3.63, 3.8) is 0 Å². The largest absolute Gasteiger partial charge is 0.373 e. The van der Waals surface area contributed by atoms with Gasteiger partial charge in [0.15, 0.2) is 0 Å². The van der Waals surface area contributed by atoms with Crippen LogP contribution in [0.5, 0.6) is 0 Å². The van der Waals surface area contributed by atoms with Crippen LogP contribution in [0.2, 0.25) is 0 Å². The molecular weight excluding hydrogens is 226 g/mol. The highest BCUT2D eigenvalue weighted by Gasteiger charge is 2.41. The first-order chi connectivity index (χ1) is 7.44. The van der Waals surface area contributed by atoms with Crippen molar-refractivity contribution in [3.8, 4) is 0 Å². The Morgan fingerprint density at radius 1 is 1.31 bits per heavy atom. The molecule has 2 nitrogen and oxygen atoms in total. The van der Waals surface area contributed by atoms with Crippen molar-refractivity contribution in [2.24, 2.45) is 0 Å². The number of hydrogen-bond donors (Lipinski definition) is 1. The SMILES string of the molecule is CCCCC(COCC(F)(F)C(F)F)NC. The molecule has 0 aromatic rings. The molecule has 0 bridgehead atoms. The molecule has 1 atom stereocenters. The molecule has 6 heteroatoms. The molecule has 1 unspecified atom stereocenters. The first kappa shape index (κ1) is 15.6. The van der Waals surface area contributed by atoms with Crippen molar-refractivity contribution in [1.82, 2.24) is 5.32 Å². The zero-order valence-corrected chi connectivity index (χ0v) is 9.61. The summed E-state index contributed by atoms with van der Waals surface area (Å²) >= 11 is 0. The van der Waals surface area contributed by atoms with Gasteiger partial charge in [-0.1, -0.05) is 19.8 Å². The summed E-state index contributed by atoms with van der Waals surface area (Å²) < 4.78 is 53.1. The highest BCUT2D eigenvalue weighted by atomic mass is 19.3. The van der Waals surface area contributed by atoms with E-state index in [1.165, 1.54) is 0 Å². The number of nitrogens with one attached hydrogen (secondary N) is 1. The van der Waals surface area contributed by atoms with Crippen LogP contribution < -0.4 is 5.32 Å². The maximum atomic E-state index is 12.5.